The molecule has 34 heavy (non-hydrogen) atoms. The van der Waals surface area contributed by atoms with Gasteiger partial charge in [0.15, 0.2) is 0 Å². The molecular weight excluding hydrogens is 447 g/mol. The summed E-state index contributed by atoms with van der Waals surface area (Å²) >= 11 is 0. The smallest absolute Gasteiger partial charge is 0.416 e. The van der Waals surface area contributed by atoms with Crippen LogP contribution in [0.2, 0.25) is 0 Å². The molecule has 2 aromatic carbocycles. The molecule has 3 aromatic rings. The Morgan fingerprint density at radius 1 is 1.15 bits per heavy atom. The first-order valence-electron chi connectivity index (χ1n) is 11.3. The fraction of sp³-hybridized carbons (Fsp3) is 0.417. The van der Waals surface area contributed by atoms with Gasteiger partial charge in [0.1, 0.15) is 5.75 Å². The number of benzene rings is 2. The van der Waals surface area contributed by atoms with Crippen LogP contribution in [0.4, 0.5) is 24.5 Å². The van der Waals surface area contributed by atoms with E-state index in [0.717, 1.165) is 62.6 Å². The van der Waals surface area contributed by atoms with E-state index in [1.807, 2.05) is 18.2 Å². The number of piperazine rings is 1. The maximum Gasteiger partial charge on any atom is 0.416 e. The topological polar surface area (TPSA) is 73.8 Å². The lowest BCUT2D eigenvalue weighted by atomic mass is 10.0. The Bertz CT molecular complexity index is 1190. The highest BCUT2D eigenvalue weighted by atomic mass is 19.4. The van der Waals surface area contributed by atoms with E-state index in [1.54, 1.807) is 13.1 Å². The van der Waals surface area contributed by atoms with Gasteiger partial charge in [-0.1, -0.05) is 0 Å². The fourth-order valence-electron chi connectivity index (χ4n) is 4.70. The molecule has 0 saturated carbocycles. The zero-order valence-corrected chi connectivity index (χ0v) is 18.7. The second-order valence-corrected chi connectivity index (χ2v) is 8.85. The zero-order chi connectivity index (χ0) is 23.9. The van der Waals surface area contributed by atoms with Crippen LogP contribution in [-0.2, 0) is 10.9 Å². The average molecular weight is 473 g/mol. The molecule has 180 valence electrons. The highest BCUT2D eigenvalue weighted by Crippen LogP contribution is 2.35. The predicted molar refractivity (Wildman–Crippen MR) is 123 cm³/mol. The highest BCUT2D eigenvalue weighted by molar-refractivity contribution is 5.93. The van der Waals surface area contributed by atoms with Crippen molar-refractivity contribution in [3.63, 3.8) is 0 Å². The summed E-state index contributed by atoms with van der Waals surface area (Å²) in [7, 11) is 0. The summed E-state index contributed by atoms with van der Waals surface area (Å²) in [6.07, 6.45) is -2.97. The minimum absolute atomic E-state index is 0.321. The van der Waals surface area contributed by atoms with Crippen LogP contribution in [0.15, 0.2) is 42.6 Å². The zero-order valence-electron chi connectivity index (χ0n) is 18.7. The molecule has 0 radical (unpaired) electrons. The number of fused-ring (bicyclic) bond motifs is 2. The summed E-state index contributed by atoms with van der Waals surface area (Å²) < 4.78 is 45.3. The van der Waals surface area contributed by atoms with Crippen molar-refractivity contribution in [1.29, 1.82) is 0 Å². The number of nitrogens with zero attached hydrogens (tertiary/aromatic N) is 4. The Labute approximate surface area is 195 Å². The third-order valence-corrected chi connectivity index (χ3v) is 6.56. The second-order valence-electron chi connectivity index (χ2n) is 8.85. The molecule has 2 N–H and O–H groups in total. The number of anilines is 2. The molecule has 1 aromatic heterocycles. The average Bonchev–Trinajstić information content (AvgIpc) is 2.82. The SMILES string of the molecule is C[C@@H](Nc1cnnc2ccc(N3CCN4CCOC[C@@H]4C3)cc12)c1cc(O)cc(C(F)(F)F)c1. The van der Waals surface area contributed by atoms with Crippen LogP contribution in [-0.4, -0.2) is 65.6 Å². The minimum Gasteiger partial charge on any atom is -0.508 e. The summed E-state index contributed by atoms with van der Waals surface area (Å²) in [5.41, 5.74) is 1.84. The number of phenols is 1. The van der Waals surface area contributed by atoms with Crippen molar-refractivity contribution in [3.8, 4) is 5.75 Å². The molecule has 2 aliphatic heterocycles. The van der Waals surface area contributed by atoms with Crippen LogP contribution in [0.25, 0.3) is 10.9 Å². The molecule has 0 bridgehead atoms. The molecule has 7 nitrogen and oxygen atoms in total. The van der Waals surface area contributed by atoms with Crippen molar-refractivity contribution in [1.82, 2.24) is 15.1 Å². The number of hydrogen-bond donors (Lipinski definition) is 2. The lowest BCUT2D eigenvalue weighted by Crippen LogP contribution is -2.58. The van der Waals surface area contributed by atoms with E-state index in [2.05, 4.69) is 25.3 Å². The van der Waals surface area contributed by atoms with Crippen molar-refractivity contribution < 1.29 is 23.0 Å². The Kier molecular flexibility index (Phi) is 5.95. The van der Waals surface area contributed by atoms with Crippen molar-refractivity contribution >= 4 is 22.3 Å². The Morgan fingerprint density at radius 3 is 2.82 bits per heavy atom. The number of nitrogens with one attached hydrogen (secondary N) is 1. The number of hydrogen-bond acceptors (Lipinski definition) is 7. The minimum atomic E-state index is -4.54. The van der Waals surface area contributed by atoms with Gasteiger partial charge in [-0.15, -0.1) is 0 Å². The van der Waals surface area contributed by atoms with Gasteiger partial charge in [-0.25, -0.2) is 0 Å². The molecule has 0 unspecified atom stereocenters. The van der Waals surface area contributed by atoms with Gasteiger partial charge in [0.25, 0.3) is 0 Å². The maximum atomic E-state index is 13.2. The van der Waals surface area contributed by atoms with Crippen LogP contribution in [0.5, 0.6) is 5.75 Å². The van der Waals surface area contributed by atoms with E-state index in [4.69, 9.17) is 4.74 Å². The van der Waals surface area contributed by atoms with Gasteiger partial charge in [-0.3, -0.25) is 4.90 Å². The Balaban J connectivity index is 1.41. The monoisotopic (exact) mass is 473 g/mol. The maximum absolute atomic E-state index is 13.2. The van der Waals surface area contributed by atoms with Crippen molar-refractivity contribution in [2.24, 2.45) is 0 Å². The first-order valence-corrected chi connectivity index (χ1v) is 11.3. The van der Waals surface area contributed by atoms with E-state index in [1.165, 1.54) is 6.07 Å². The highest BCUT2D eigenvalue weighted by Gasteiger charge is 2.32. The van der Waals surface area contributed by atoms with Crippen molar-refractivity contribution in [2.75, 3.05) is 49.6 Å². The number of morpholine rings is 1. The third kappa shape index (κ3) is 4.60. The second kappa shape index (κ2) is 8.92. The molecule has 2 aliphatic rings. The van der Waals surface area contributed by atoms with Gasteiger partial charge in [0, 0.05) is 43.3 Å². The molecule has 0 aliphatic carbocycles. The van der Waals surface area contributed by atoms with Gasteiger partial charge in [0.2, 0.25) is 0 Å². The first-order chi connectivity index (χ1) is 16.3. The Hall–Kier alpha value is -3.11. The summed E-state index contributed by atoms with van der Waals surface area (Å²) in [6, 6.07) is 8.94. The molecule has 3 heterocycles. The normalized spacial score (nSPS) is 20.2. The van der Waals surface area contributed by atoms with Gasteiger partial charge < -0.3 is 20.1 Å². The number of phenolic OH excluding ortho intramolecular Hbond substituents is 1. The Morgan fingerprint density at radius 2 is 2.00 bits per heavy atom. The number of alkyl halides is 3. The lowest BCUT2D eigenvalue weighted by molar-refractivity contribution is -0.137. The quantitative estimate of drug-likeness (QED) is 0.592. The van der Waals surface area contributed by atoms with Crippen LogP contribution in [0, 0.1) is 0 Å². The summed E-state index contributed by atoms with van der Waals surface area (Å²) in [6.45, 7) is 6.96. The summed E-state index contributed by atoms with van der Waals surface area (Å²) in [5.74, 6) is -0.427. The molecule has 2 saturated heterocycles. The number of halogens is 3. The molecule has 2 atom stereocenters. The van der Waals surface area contributed by atoms with Gasteiger partial charge in [-0.05, 0) is 48.9 Å². The number of aromatic nitrogens is 2. The molecule has 5 rings (SSSR count). The van der Waals surface area contributed by atoms with E-state index >= 15 is 0 Å². The molecule has 10 heteroatoms. The van der Waals surface area contributed by atoms with Gasteiger partial charge >= 0.3 is 6.18 Å². The third-order valence-electron chi connectivity index (χ3n) is 6.56. The first kappa shape index (κ1) is 22.7. The molecule has 0 spiro atoms. The van der Waals surface area contributed by atoms with E-state index in [0.29, 0.717) is 22.8 Å². The van der Waals surface area contributed by atoms with Crippen LogP contribution >= 0.6 is 0 Å². The standard InChI is InChI=1S/C24H26F3N5O2/c1-15(16-8-17(24(25,26)27)10-20(33)9-16)29-23-12-28-30-22-3-2-18(11-21(22)23)32-5-4-31-6-7-34-14-19(31)13-32/h2-3,8-12,15,19,33H,4-7,13-14H2,1H3,(H,29,30)/t15-,19+/m1/s1. The van der Waals surface area contributed by atoms with E-state index in [-0.39, 0.29) is 0 Å². The van der Waals surface area contributed by atoms with Crippen LogP contribution < -0.4 is 10.2 Å². The van der Waals surface area contributed by atoms with Crippen molar-refractivity contribution in [2.45, 2.75) is 25.2 Å². The predicted octanol–water partition coefficient (Wildman–Crippen LogP) is 4.05. The van der Waals surface area contributed by atoms with E-state index < -0.39 is 23.5 Å². The van der Waals surface area contributed by atoms with Crippen LogP contribution in [0.3, 0.4) is 0 Å². The van der Waals surface area contributed by atoms with E-state index in [9.17, 15) is 18.3 Å². The summed E-state index contributed by atoms with van der Waals surface area (Å²) in [5, 5.41) is 22.2. The number of rotatable bonds is 4. The van der Waals surface area contributed by atoms with Crippen molar-refractivity contribution in [3.05, 3.63) is 53.7 Å². The fourth-order valence-corrected chi connectivity index (χ4v) is 4.70. The number of ether oxygens (including phenoxy) is 1. The number of aromatic hydroxyl groups is 1. The summed E-state index contributed by atoms with van der Waals surface area (Å²) in [4.78, 5) is 4.79. The largest absolute Gasteiger partial charge is 0.508 e. The molecule has 0 amide bonds. The lowest BCUT2D eigenvalue weighted by Gasteiger charge is -2.44. The van der Waals surface area contributed by atoms with Gasteiger partial charge in [-0.2, -0.15) is 23.4 Å². The molecular formula is C24H26F3N5O2. The van der Waals surface area contributed by atoms with Gasteiger partial charge in [0.05, 0.1) is 42.2 Å². The van der Waals surface area contributed by atoms with Crippen LogP contribution in [0.1, 0.15) is 24.1 Å². The molecule has 2 fully saturated rings.